The molecule has 1 atom stereocenters. The second-order valence-corrected chi connectivity index (χ2v) is 4.44. The quantitative estimate of drug-likeness (QED) is 0.562. The van der Waals surface area contributed by atoms with Crippen LogP contribution >= 0.6 is 0 Å². The van der Waals surface area contributed by atoms with Gasteiger partial charge in [-0.05, 0) is 39.3 Å². The van der Waals surface area contributed by atoms with Crippen molar-refractivity contribution in [3.05, 3.63) is 0 Å². The maximum Gasteiger partial charge on any atom is 0.0150 e. The molecule has 0 saturated heterocycles. The molecule has 0 spiro atoms. The Morgan fingerprint density at radius 2 is 1.86 bits per heavy atom. The van der Waals surface area contributed by atoms with E-state index in [2.05, 4.69) is 26.1 Å². The van der Waals surface area contributed by atoms with Gasteiger partial charge in [-0.25, -0.2) is 0 Å². The third-order valence-electron chi connectivity index (χ3n) is 3.05. The minimum absolute atomic E-state index is 0.338. The largest absolute Gasteiger partial charge is 0.330 e. The van der Waals surface area contributed by atoms with Crippen LogP contribution in [0.3, 0.4) is 0 Å². The van der Waals surface area contributed by atoms with E-state index in [1.54, 1.807) is 0 Å². The first-order valence-electron chi connectivity index (χ1n) is 6.13. The lowest BCUT2D eigenvalue weighted by atomic mass is 9.91. The Hall–Kier alpha value is -0.0800. The normalized spacial score (nSPS) is 15.4. The van der Waals surface area contributed by atoms with E-state index in [9.17, 15) is 0 Å². The SMILES string of the molecule is CCCCCC(C)(CC)NCCCN. The first kappa shape index (κ1) is 13.9. The van der Waals surface area contributed by atoms with Crippen molar-refractivity contribution in [1.29, 1.82) is 0 Å². The van der Waals surface area contributed by atoms with E-state index in [1.165, 1.54) is 32.1 Å². The van der Waals surface area contributed by atoms with Crippen LogP contribution in [0.15, 0.2) is 0 Å². The van der Waals surface area contributed by atoms with Gasteiger partial charge < -0.3 is 11.1 Å². The van der Waals surface area contributed by atoms with E-state index in [1.807, 2.05) is 0 Å². The van der Waals surface area contributed by atoms with Crippen molar-refractivity contribution in [3.63, 3.8) is 0 Å². The minimum atomic E-state index is 0.338. The molecule has 86 valence electrons. The molecule has 0 heterocycles. The highest BCUT2D eigenvalue weighted by molar-refractivity contribution is 4.81. The maximum absolute atomic E-state index is 5.48. The molecule has 2 nitrogen and oxygen atoms in total. The molecular formula is C12H28N2. The molecule has 0 amide bonds. The Morgan fingerprint density at radius 1 is 1.14 bits per heavy atom. The van der Waals surface area contributed by atoms with Crippen LogP contribution in [0.25, 0.3) is 0 Å². The van der Waals surface area contributed by atoms with Crippen molar-refractivity contribution >= 4 is 0 Å². The zero-order valence-electron chi connectivity index (χ0n) is 10.2. The summed E-state index contributed by atoms with van der Waals surface area (Å²) in [4.78, 5) is 0. The van der Waals surface area contributed by atoms with Crippen LogP contribution in [0.5, 0.6) is 0 Å². The standard InChI is InChI=1S/C12H28N2/c1-4-6-7-9-12(3,5-2)14-11-8-10-13/h14H,4-11,13H2,1-3H3. The van der Waals surface area contributed by atoms with Crippen LogP contribution in [0.2, 0.25) is 0 Å². The second-order valence-electron chi connectivity index (χ2n) is 4.44. The molecule has 0 aromatic rings. The molecule has 0 radical (unpaired) electrons. The van der Waals surface area contributed by atoms with Crippen molar-refractivity contribution in [2.75, 3.05) is 13.1 Å². The molecule has 0 aromatic heterocycles. The monoisotopic (exact) mass is 200 g/mol. The Bertz CT molecular complexity index is 113. The van der Waals surface area contributed by atoms with Gasteiger partial charge in [0, 0.05) is 5.54 Å². The summed E-state index contributed by atoms with van der Waals surface area (Å²) in [5, 5.41) is 3.63. The van der Waals surface area contributed by atoms with Crippen LogP contribution in [0.4, 0.5) is 0 Å². The summed E-state index contributed by atoms with van der Waals surface area (Å²) >= 11 is 0. The molecule has 0 saturated carbocycles. The molecule has 14 heavy (non-hydrogen) atoms. The zero-order chi connectivity index (χ0) is 10.9. The van der Waals surface area contributed by atoms with Gasteiger partial charge >= 0.3 is 0 Å². The van der Waals surface area contributed by atoms with Crippen LogP contribution < -0.4 is 11.1 Å². The van der Waals surface area contributed by atoms with Crippen molar-refractivity contribution in [3.8, 4) is 0 Å². The van der Waals surface area contributed by atoms with Crippen LogP contribution in [-0.4, -0.2) is 18.6 Å². The number of unbranched alkanes of at least 4 members (excludes halogenated alkanes) is 2. The van der Waals surface area contributed by atoms with Gasteiger partial charge in [0.25, 0.3) is 0 Å². The van der Waals surface area contributed by atoms with Gasteiger partial charge in [0.15, 0.2) is 0 Å². The number of rotatable bonds is 9. The van der Waals surface area contributed by atoms with Gasteiger partial charge in [-0.15, -0.1) is 0 Å². The van der Waals surface area contributed by atoms with Crippen molar-refractivity contribution in [1.82, 2.24) is 5.32 Å². The van der Waals surface area contributed by atoms with Gasteiger partial charge in [0.05, 0.1) is 0 Å². The van der Waals surface area contributed by atoms with E-state index in [0.29, 0.717) is 5.54 Å². The predicted octanol–water partition coefficient (Wildman–Crippen LogP) is 2.67. The second kappa shape index (κ2) is 8.25. The Labute approximate surface area is 89.6 Å². The summed E-state index contributed by atoms with van der Waals surface area (Å²) < 4.78 is 0. The minimum Gasteiger partial charge on any atom is -0.330 e. The number of nitrogens with two attached hydrogens (primary N) is 1. The first-order valence-corrected chi connectivity index (χ1v) is 6.13. The molecule has 0 fully saturated rings. The molecule has 3 N–H and O–H groups in total. The lowest BCUT2D eigenvalue weighted by Gasteiger charge is -2.30. The van der Waals surface area contributed by atoms with Crippen LogP contribution in [0.1, 0.15) is 59.3 Å². The average molecular weight is 200 g/mol. The first-order chi connectivity index (χ1) is 6.68. The third-order valence-corrected chi connectivity index (χ3v) is 3.05. The summed E-state index contributed by atoms with van der Waals surface area (Å²) in [5.41, 5.74) is 5.82. The highest BCUT2D eigenvalue weighted by Gasteiger charge is 2.19. The molecule has 1 unspecified atom stereocenters. The van der Waals surface area contributed by atoms with E-state index < -0.39 is 0 Å². The average Bonchev–Trinajstić information content (AvgIpc) is 2.19. The van der Waals surface area contributed by atoms with Gasteiger partial charge in [-0.1, -0.05) is 33.1 Å². The van der Waals surface area contributed by atoms with Crippen molar-refractivity contribution in [2.45, 2.75) is 64.8 Å². The van der Waals surface area contributed by atoms with E-state index >= 15 is 0 Å². The third kappa shape index (κ3) is 6.39. The Balaban J connectivity index is 3.67. The summed E-state index contributed by atoms with van der Waals surface area (Å²) in [6.45, 7) is 8.71. The van der Waals surface area contributed by atoms with Crippen LogP contribution in [0, 0.1) is 0 Å². The predicted molar refractivity (Wildman–Crippen MR) is 64.5 cm³/mol. The van der Waals surface area contributed by atoms with E-state index in [-0.39, 0.29) is 0 Å². The molecule has 0 aliphatic carbocycles. The Kier molecular flexibility index (Phi) is 8.20. The summed E-state index contributed by atoms with van der Waals surface area (Å²) in [7, 11) is 0. The highest BCUT2D eigenvalue weighted by Crippen LogP contribution is 2.18. The lowest BCUT2D eigenvalue weighted by Crippen LogP contribution is -2.42. The van der Waals surface area contributed by atoms with E-state index in [0.717, 1.165) is 19.5 Å². The fraction of sp³-hybridized carbons (Fsp3) is 1.00. The van der Waals surface area contributed by atoms with Gasteiger partial charge in [-0.2, -0.15) is 0 Å². The topological polar surface area (TPSA) is 38.0 Å². The lowest BCUT2D eigenvalue weighted by molar-refractivity contribution is 0.308. The Morgan fingerprint density at radius 3 is 2.36 bits per heavy atom. The molecule has 0 aliphatic heterocycles. The zero-order valence-corrected chi connectivity index (χ0v) is 10.2. The van der Waals surface area contributed by atoms with Gasteiger partial charge in [-0.3, -0.25) is 0 Å². The number of hydrogen-bond donors (Lipinski definition) is 2. The summed E-state index contributed by atoms with van der Waals surface area (Å²) in [6, 6.07) is 0. The molecule has 2 heteroatoms. The highest BCUT2D eigenvalue weighted by atomic mass is 15.0. The van der Waals surface area contributed by atoms with Crippen molar-refractivity contribution < 1.29 is 0 Å². The van der Waals surface area contributed by atoms with Crippen LogP contribution in [-0.2, 0) is 0 Å². The van der Waals surface area contributed by atoms with Gasteiger partial charge in [0.1, 0.15) is 0 Å². The summed E-state index contributed by atoms with van der Waals surface area (Å²) in [6.07, 6.45) is 7.60. The molecule has 0 aromatic carbocycles. The number of nitrogens with one attached hydrogen (secondary N) is 1. The molecule has 0 rings (SSSR count). The van der Waals surface area contributed by atoms with Gasteiger partial charge in [0.2, 0.25) is 0 Å². The summed E-state index contributed by atoms with van der Waals surface area (Å²) in [5.74, 6) is 0. The molecular weight excluding hydrogens is 172 g/mol. The number of hydrogen-bond acceptors (Lipinski definition) is 2. The molecule has 0 bridgehead atoms. The smallest absolute Gasteiger partial charge is 0.0150 e. The fourth-order valence-electron chi connectivity index (χ4n) is 1.65. The van der Waals surface area contributed by atoms with E-state index in [4.69, 9.17) is 5.73 Å². The fourth-order valence-corrected chi connectivity index (χ4v) is 1.65. The maximum atomic E-state index is 5.48. The molecule has 0 aliphatic rings. The van der Waals surface area contributed by atoms with Crippen molar-refractivity contribution in [2.24, 2.45) is 5.73 Å².